The minimum Gasteiger partial charge on any atom is -0.393 e. The first kappa shape index (κ1) is 10.3. The number of rotatable bonds is 3. The second-order valence-electron chi connectivity index (χ2n) is 2.72. The van der Waals surface area contributed by atoms with Crippen LogP contribution in [-0.2, 0) is 0 Å². The van der Waals surface area contributed by atoms with Crippen molar-refractivity contribution in [2.75, 3.05) is 17.3 Å². The Morgan fingerprint density at radius 3 is 2.79 bits per heavy atom. The Kier molecular flexibility index (Phi) is 2.88. The predicted octanol–water partition coefficient (Wildman–Crippen LogP) is 1.39. The van der Waals surface area contributed by atoms with Crippen molar-refractivity contribution < 1.29 is 10.1 Å². The summed E-state index contributed by atoms with van der Waals surface area (Å²) >= 11 is 0. The lowest BCUT2D eigenvalue weighted by Gasteiger charge is -2.13. The Morgan fingerprint density at radius 2 is 2.29 bits per heavy atom. The van der Waals surface area contributed by atoms with Crippen molar-refractivity contribution in [3.8, 4) is 0 Å². The van der Waals surface area contributed by atoms with Gasteiger partial charge in [-0.3, -0.25) is 20.4 Å². The Labute approximate surface area is 80.7 Å². The highest BCUT2D eigenvalue weighted by Crippen LogP contribution is 2.26. The topological polar surface area (TPSA) is 92.6 Å². The van der Waals surface area contributed by atoms with E-state index >= 15 is 0 Å². The molecule has 0 aliphatic heterocycles. The number of hydrogen-bond donors (Lipinski definition) is 2. The van der Waals surface area contributed by atoms with Crippen LogP contribution in [-0.4, -0.2) is 16.7 Å². The van der Waals surface area contributed by atoms with Crippen molar-refractivity contribution >= 4 is 17.1 Å². The van der Waals surface area contributed by atoms with Crippen LogP contribution in [0.2, 0.25) is 0 Å². The van der Waals surface area contributed by atoms with Crippen molar-refractivity contribution in [1.82, 2.24) is 0 Å². The highest BCUT2D eigenvalue weighted by molar-refractivity contribution is 5.65. The fourth-order valence-corrected chi connectivity index (χ4v) is 1.03. The van der Waals surface area contributed by atoms with E-state index in [2.05, 4.69) is 0 Å². The summed E-state index contributed by atoms with van der Waals surface area (Å²) in [5, 5.41) is 20.7. The largest absolute Gasteiger partial charge is 0.393 e. The van der Waals surface area contributed by atoms with E-state index in [-0.39, 0.29) is 11.4 Å². The summed E-state index contributed by atoms with van der Waals surface area (Å²) in [6, 6.07) is 4.15. The van der Waals surface area contributed by atoms with Gasteiger partial charge in [0.1, 0.15) is 5.69 Å². The number of nitrogen functional groups attached to an aromatic ring is 1. The molecule has 1 aromatic carbocycles. The lowest BCUT2D eigenvalue weighted by atomic mass is 10.2. The van der Waals surface area contributed by atoms with E-state index in [4.69, 9.17) is 5.73 Å². The molecule has 0 saturated carbocycles. The molecule has 76 valence electrons. The first-order valence-corrected chi connectivity index (χ1v) is 4.06. The highest BCUT2D eigenvalue weighted by Gasteiger charge is 2.13. The van der Waals surface area contributed by atoms with Crippen LogP contribution < -0.4 is 10.8 Å². The number of nitro benzene ring substituents is 1. The number of nitrogens with two attached hydrogens (primary N) is 1. The van der Waals surface area contributed by atoms with Gasteiger partial charge in [-0.1, -0.05) is 0 Å². The summed E-state index contributed by atoms with van der Waals surface area (Å²) in [6.45, 7) is 2.07. The van der Waals surface area contributed by atoms with Crippen LogP contribution in [0.25, 0.3) is 0 Å². The van der Waals surface area contributed by atoms with Gasteiger partial charge in [-0.2, -0.15) is 0 Å². The van der Waals surface area contributed by atoms with Crippen LogP contribution in [0.15, 0.2) is 18.2 Å². The van der Waals surface area contributed by atoms with Crippen LogP contribution >= 0.6 is 0 Å². The van der Waals surface area contributed by atoms with Gasteiger partial charge in [-0.25, -0.2) is 0 Å². The number of nitrogens with zero attached hydrogens (tertiary/aromatic N) is 2. The van der Waals surface area contributed by atoms with Crippen molar-refractivity contribution in [3.63, 3.8) is 0 Å². The van der Waals surface area contributed by atoms with Crippen molar-refractivity contribution in [2.45, 2.75) is 6.92 Å². The molecule has 0 saturated heterocycles. The zero-order chi connectivity index (χ0) is 10.7. The summed E-state index contributed by atoms with van der Waals surface area (Å²) in [6.07, 6.45) is 0. The zero-order valence-corrected chi connectivity index (χ0v) is 7.67. The normalized spacial score (nSPS) is 9.86. The van der Waals surface area contributed by atoms with Gasteiger partial charge in [0.25, 0.3) is 5.69 Å². The van der Waals surface area contributed by atoms with Crippen LogP contribution in [0.5, 0.6) is 0 Å². The molecule has 0 heterocycles. The number of benzene rings is 1. The average molecular weight is 197 g/mol. The van der Waals surface area contributed by atoms with E-state index in [0.717, 1.165) is 5.06 Å². The number of anilines is 2. The molecular formula is C8H11N3O3. The van der Waals surface area contributed by atoms with Crippen LogP contribution in [0.4, 0.5) is 17.1 Å². The third-order valence-corrected chi connectivity index (χ3v) is 1.81. The van der Waals surface area contributed by atoms with Gasteiger partial charge in [0, 0.05) is 12.6 Å². The second kappa shape index (κ2) is 3.93. The van der Waals surface area contributed by atoms with E-state index in [9.17, 15) is 15.3 Å². The van der Waals surface area contributed by atoms with Gasteiger partial charge >= 0.3 is 0 Å². The highest BCUT2D eigenvalue weighted by atomic mass is 16.6. The Morgan fingerprint density at radius 1 is 1.64 bits per heavy atom. The van der Waals surface area contributed by atoms with Crippen molar-refractivity contribution in [3.05, 3.63) is 28.3 Å². The molecule has 0 aliphatic carbocycles. The molecule has 1 rings (SSSR count). The molecule has 0 fully saturated rings. The standard InChI is InChI=1S/C8H11N3O3/c1-2-10(12)6-3-4-7(9)8(5-6)11(13)14/h3-5,12H,2,9H2,1H3. The molecule has 14 heavy (non-hydrogen) atoms. The quantitative estimate of drug-likeness (QED) is 0.434. The van der Waals surface area contributed by atoms with E-state index in [1.165, 1.54) is 18.2 Å². The molecule has 3 N–H and O–H groups in total. The summed E-state index contributed by atoms with van der Waals surface area (Å²) in [5.41, 5.74) is 5.63. The third kappa shape index (κ3) is 1.91. The van der Waals surface area contributed by atoms with E-state index in [1.807, 2.05) is 0 Å². The van der Waals surface area contributed by atoms with Crippen LogP contribution in [0.3, 0.4) is 0 Å². The van der Waals surface area contributed by atoms with E-state index in [0.29, 0.717) is 12.2 Å². The molecule has 0 aromatic heterocycles. The molecule has 6 heteroatoms. The predicted molar refractivity (Wildman–Crippen MR) is 52.3 cm³/mol. The molecular weight excluding hydrogens is 186 g/mol. The van der Waals surface area contributed by atoms with Gasteiger partial charge < -0.3 is 5.73 Å². The Bertz CT molecular complexity index is 354. The minimum absolute atomic E-state index is 0.0863. The van der Waals surface area contributed by atoms with Gasteiger partial charge in [0.05, 0.1) is 10.6 Å². The molecule has 0 radical (unpaired) electrons. The Hall–Kier alpha value is -1.82. The third-order valence-electron chi connectivity index (χ3n) is 1.81. The van der Waals surface area contributed by atoms with Gasteiger partial charge in [0.2, 0.25) is 0 Å². The summed E-state index contributed by atoms with van der Waals surface area (Å²) in [4.78, 5) is 9.93. The number of hydroxylamine groups is 1. The van der Waals surface area contributed by atoms with Crippen LogP contribution in [0, 0.1) is 10.1 Å². The molecule has 0 unspecified atom stereocenters. The molecule has 0 amide bonds. The SMILES string of the molecule is CCN(O)c1ccc(N)c([N+](=O)[O-])c1. The maximum Gasteiger partial charge on any atom is 0.294 e. The molecule has 0 atom stereocenters. The molecule has 1 aromatic rings. The van der Waals surface area contributed by atoms with Gasteiger partial charge in [0.15, 0.2) is 0 Å². The summed E-state index contributed by atoms with van der Waals surface area (Å²) in [7, 11) is 0. The molecule has 0 spiro atoms. The van der Waals surface area contributed by atoms with Crippen molar-refractivity contribution in [1.29, 1.82) is 0 Å². The zero-order valence-electron chi connectivity index (χ0n) is 7.67. The lowest BCUT2D eigenvalue weighted by molar-refractivity contribution is -0.383. The molecule has 6 nitrogen and oxygen atoms in total. The van der Waals surface area contributed by atoms with E-state index in [1.54, 1.807) is 6.92 Å². The average Bonchev–Trinajstić information content (AvgIpc) is 2.17. The van der Waals surface area contributed by atoms with E-state index < -0.39 is 4.92 Å². The van der Waals surface area contributed by atoms with Crippen LogP contribution in [0.1, 0.15) is 6.92 Å². The summed E-state index contributed by atoms with van der Waals surface area (Å²) < 4.78 is 0. The maximum absolute atomic E-state index is 10.5. The monoisotopic (exact) mass is 197 g/mol. The summed E-state index contributed by atoms with van der Waals surface area (Å²) in [5.74, 6) is 0. The van der Waals surface area contributed by atoms with Crippen molar-refractivity contribution in [2.24, 2.45) is 0 Å². The fourth-order valence-electron chi connectivity index (χ4n) is 1.03. The molecule has 0 bridgehead atoms. The second-order valence-corrected chi connectivity index (χ2v) is 2.72. The number of nitro groups is 1. The smallest absolute Gasteiger partial charge is 0.294 e. The number of hydrogen-bond acceptors (Lipinski definition) is 5. The Balaban J connectivity index is 3.12. The molecule has 0 aliphatic rings. The fraction of sp³-hybridized carbons (Fsp3) is 0.250. The lowest BCUT2D eigenvalue weighted by Crippen LogP contribution is -2.16. The first-order valence-electron chi connectivity index (χ1n) is 4.06. The minimum atomic E-state index is -0.581. The first-order chi connectivity index (χ1) is 6.56. The van der Waals surface area contributed by atoms with Gasteiger partial charge in [-0.15, -0.1) is 0 Å². The maximum atomic E-state index is 10.5. The van der Waals surface area contributed by atoms with Gasteiger partial charge in [-0.05, 0) is 19.1 Å².